The van der Waals surface area contributed by atoms with E-state index < -0.39 is 0 Å². The highest BCUT2D eigenvalue weighted by Gasteiger charge is 2.19. The van der Waals surface area contributed by atoms with Crippen molar-refractivity contribution in [1.29, 1.82) is 0 Å². The lowest BCUT2D eigenvalue weighted by Crippen LogP contribution is -2.15. The van der Waals surface area contributed by atoms with Crippen molar-refractivity contribution in [3.63, 3.8) is 0 Å². The SMILES string of the molecule is C(=C\C(c1ccccc1)c1ccccc1)/CNC1CC1. The molecular weight excluding hydrogens is 242 g/mol. The maximum absolute atomic E-state index is 3.53. The summed E-state index contributed by atoms with van der Waals surface area (Å²) >= 11 is 0. The fraction of sp³-hybridized carbons (Fsp3) is 0.263. The first-order valence-corrected chi connectivity index (χ1v) is 7.43. The summed E-state index contributed by atoms with van der Waals surface area (Å²) in [7, 11) is 0. The number of hydrogen-bond donors (Lipinski definition) is 1. The average molecular weight is 263 g/mol. The van der Waals surface area contributed by atoms with Gasteiger partial charge in [-0.25, -0.2) is 0 Å². The predicted octanol–water partition coefficient (Wildman–Crippen LogP) is 4.13. The summed E-state index contributed by atoms with van der Waals surface area (Å²) < 4.78 is 0. The van der Waals surface area contributed by atoms with Gasteiger partial charge >= 0.3 is 0 Å². The van der Waals surface area contributed by atoms with Gasteiger partial charge in [0.1, 0.15) is 0 Å². The molecule has 1 fully saturated rings. The molecule has 0 amide bonds. The Morgan fingerprint density at radius 1 is 0.900 bits per heavy atom. The van der Waals surface area contributed by atoms with E-state index in [1.807, 2.05) is 0 Å². The number of nitrogens with one attached hydrogen (secondary N) is 1. The molecule has 0 bridgehead atoms. The van der Waals surface area contributed by atoms with Crippen LogP contribution in [0.4, 0.5) is 0 Å². The molecular formula is C19H21N. The zero-order valence-corrected chi connectivity index (χ0v) is 11.7. The van der Waals surface area contributed by atoms with Gasteiger partial charge < -0.3 is 5.32 Å². The number of hydrogen-bond acceptors (Lipinski definition) is 1. The van der Waals surface area contributed by atoms with Crippen LogP contribution in [-0.2, 0) is 0 Å². The summed E-state index contributed by atoms with van der Waals surface area (Å²) in [6.45, 7) is 0.973. The molecule has 1 N–H and O–H groups in total. The third-order valence-electron chi connectivity index (χ3n) is 3.75. The van der Waals surface area contributed by atoms with Crippen molar-refractivity contribution in [2.45, 2.75) is 24.8 Å². The third kappa shape index (κ3) is 3.58. The van der Waals surface area contributed by atoms with Gasteiger partial charge in [-0.15, -0.1) is 0 Å². The summed E-state index contributed by atoms with van der Waals surface area (Å²) in [6.07, 6.45) is 7.27. The molecule has 1 aliphatic carbocycles. The van der Waals surface area contributed by atoms with Gasteiger partial charge in [0.05, 0.1) is 0 Å². The van der Waals surface area contributed by atoms with Crippen LogP contribution in [0.25, 0.3) is 0 Å². The predicted molar refractivity (Wildman–Crippen MR) is 84.9 cm³/mol. The first kappa shape index (κ1) is 13.1. The molecule has 20 heavy (non-hydrogen) atoms. The molecule has 0 unspecified atom stereocenters. The van der Waals surface area contributed by atoms with Crippen LogP contribution >= 0.6 is 0 Å². The Bertz CT molecular complexity index is 501. The van der Waals surface area contributed by atoms with Gasteiger partial charge in [-0.3, -0.25) is 0 Å². The van der Waals surface area contributed by atoms with E-state index in [4.69, 9.17) is 0 Å². The molecule has 1 heteroatoms. The summed E-state index contributed by atoms with van der Waals surface area (Å²) in [4.78, 5) is 0. The Balaban J connectivity index is 1.76. The average Bonchev–Trinajstić information content (AvgIpc) is 3.33. The van der Waals surface area contributed by atoms with Crippen LogP contribution in [0.15, 0.2) is 72.8 Å². The lowest BCUT2D eigenvalue weighted by molar-refractivity contribution is 0.751. The van der Waals surface area contributed by atoms with E-state index in [9.17, 15) is 0 Å². The smallest absolute Gasteiger partial charge is 0.0270 e. The molecule has 2 aromatic rings. The number of benzene rings is 2. The molecule has 0 spiro atoms. The van der Waals surface area contributed by atoms with Crippen molar-refractivity contribution in [3.8, 4) is 0 Å². The second kappa shape index (κ2) is 6.53. The minimum Gasteiger partial charge on any atom is -0.311 e. The van der Waals surface area contributed by atoms with Gasteiger partial charge in [-0.2, -0.15) is 0 Å². The van der Waals surface area contributed by atoms with E-state index in [0.29, 0.717) is 5.92 Å². The molecule has 1 aliphatic rings. The molecule has 0 radical (unpaired) electrons. The molecule has 1 nitrogen and oxygen atoms in total. The summed E-state index contributed by atoms with van der Waals surface area (Å²) in [5, 5.41) is 3.53. The number of rotatable bonds is 6. The molecule has 102 valence electrons. The minimum absolute atomic E-state index is 0.346. The maximum Gasteiger partial charge on any atom is 0.0270 e. The van der Waals surface area contributed by atoms with Crippen LogP contribution in [0.5, 0.6) is 0 Å². The largest absolute Gasteiger partial charge is 0.311 e. The minimum atomic E-state index is 0.346. The summed E-state index contributed by atoms with van der Waals surface area (Å²) in [6, 6.07) is 22.2. The van der Waals surface area contributed by atoms with E-state index in [2.05, 4.69) is 78.1 Å². The van der Waals surface area contributed by atoms with Gasteiger partial charge in [0.15, 0.2) is 0 Å². The standard InChI is InChI=1S/C19H21N/c1-3-8-16(9-4-1)19(17-10-5-2-6-11-17)12-7-15-20-18-13-14-18/h1-12,18-20H,13-15H2/b12-7+. The van der Waals surface area contributed by atoms with Crippen LogP contribution in [0, 0.1) is 0 Å². The zero-order valence-electron chi connectivity index (χ0n) is 11.7. The lowest BCUT2D eigenvalue weighted by Gasteiger charge is -2.14. The van der Waals surface area contributed by atoms with Gasteiger partial charge in [0, 0.05) is 18.5 Å². The van der Waals surface area contributed by atoms with Crippen molar-refractivity contribution >= 4 is 0 Å². The molecule has 0 heterocycles. The fourth-order valence-corrected chi connectivity index (χ4v) is 2.46. The highest BCUT2D eigenvalue weighted by molar-refractivity contribution is 5.36. The molecule has 0 saturated heterocycles. The first-order chi connectivity index (χ1) is 9.93. The first-order valence-electron chi connectivity index (χ1n) is 7.43. The Kier molecular flexibility index (Phi) is 4.29. The normalized spacial score (nSPS) is 15.1. The van der Waals surface area contributed by atoms with E-state index >= 15 is 0 Å². The maximum atomic E-state index is 3.53. The van der Waals surface area contributed by atoms with Crippen LogP contribution in [-0.4, -0.2) is 12.6 Å². The van der Waals surface area contributed by atoms with Crippen molar-refractivity contribution in [2.75, 3.05) is 6.54 Å². The molecule has 0 atom stereocenters. The topological polar surface area (TPSA) is 12.0 Å². The Morgan fingerprint density at radius 2 is 1.45 bits per heavy atom. The van der Waals surface area contributed by atoms with Crippen LogP contribution in [0.3, 0.4) is 0 Å². The van der Waals surface area contributed by atoms with Crippen LogP contribution < -0.4 is 5.32 Å². The molecule has 1 saturated carbocycles. The third-order valence-corrected chi connectivity index (χ3v) is 3.75. The van der Waals surface area contributed by atoms with Crippen molar-refractivity contribution < 1.29 is 0 Å². The van der Waals surface area contributed by atoms with Crippen LogP contribution in [0.1, 0.15) is 29.9 Å². The Morgan fingerprint density at radius 3 is 1.95 bits per heavy atom. The van der Waals surface area contributed by atoms with Crippen LogP contribution in [0.2, 0.25) is 0 Å². The summed E-state index contributed by atoms with van der Waals surface area (Å²) in [5.74, 6) is 0.346. The highest BCUT2D eigenvalue weighted by atomic mass is 14.9. The van der Waals surface area contributed by atoms with Gasteiger partial charge in [-0.05, 0) is 24.0 Å². The van der Waals surface area contributed by atoms with E-state index in [-0.39, 0.29) is 0 Å². The van der Waals surface area contributed by atoms with Crippen molar-refractivity contribution in [1.82, 2.24) is 5.32 Å². The van der Waals surface area contributed by atoms with Gasteiger partial charge in [-0.1, -0.05) is 72.8 Å². The summed E-state index contributed by atoms with van der Waals surface area (Å²) in [5.41, 5.74) is 2.70. The Hall–Kier alpha value is -1.86. The Labute approximate surface area is 121 Å². The molecule has 0 aliphatic heterocycles. The number of allylic oxidation sites excluding steroid dienone is 1. The van der Waals surface area contributed by atoms with Gasteiger partial charge in [0.2, 0.25) is 0 Å². The molecule has 3 rings (SSSR count). The van der Waals surface area contributed by atoms with E-state index in [1.165, 1.54) is 24.0 Å². The quantitative estimate of drug-likeness (QED) is 0.773. The molecule has 0 aromatic heterocycles. The van der Waals surface area contributed by atoms with Crippen molar-refractivity contribution in [3.05, 3.63) is 83.9 Å². The van der Waals surface area contributed by atoms with E-state index in [1.54, 1.807) is 0 Å². The second-order valence-corrected chi connectivity index (χ2v) is 5.41. The van der Waals surface area contributed by atoms with Crippen molar-refractivity contribution in [2.24, 2.45) is 0 Å². The second-order valence-electron chi connectivity index (χ2n) is 5.41. The fourth-order valence-electron chi connectivity index (χ4n) is 2.46. The zero-order chi connectivity index (χ0) is 13.6. The highest BCUT2D eigenvalue weighted by Crippen LogP contribution is 2.25. The van der Waals surface area contributed by atoms with E-state index in [0.717, 1.165) is 12.6 Å². The lowest BCUT2D eigenvalue weighted by atomic mass is 9.91. The van der Waals surface area contributed by atoms with Gasteiger partial charge in [0.25, 0.3) is 0 Å². The molecule has 2 aromatic carbocycles. The monoisotopic (exact) mass is 263 g/mol.